The second-order valence-corrected chi connectivity index (χ2v) is 7.24. The molecule has 0 aliphatic carbocycles. The van der Waals surface area contributed by atoms with E-state index in [1.54, 1.807) is 23.1 Å². The molecule has 0 spiro atoms. The lowest BCUT2D eigenvalue weighted by Gasteiger charge is -2.24. The first-order chi connectivity index (χ1) is 12.0. The average Bonchev–Trinajstić information content (AvgIpc) is 2.62. The van der Waals surface area contributed by atoms with Gasteiger partial charge in [-0.25, -0.2) is 4.39 Å². The second-order valence-electron chi connectivity index (χ2n) is 5.47. The smallest absolute Gasteiger partial charge is 0.259 e. The van der Waals surface area contributed by atoms with Crippen LogP contribution in [0.25, 0.3) is 0 Å². The Kier molecular flexibility index (Phi) is 5.66. The van der Waals surface area contributed by atoms with Gasteiger partial charge in [-0.2, -0.15) is 0 Å². The molecule has 3 rings (SSSR count). The van der Waals surface area contributed by atoms with E-state index in [2.05, 4.69) is 31.9 Å². The van der Waals surface area contributed by atoms with Crippen molar-refractivity contribution in [3.8, 4) is 0 Å². The van der Waals surface area contributed by atoms with Crippen LogP contribution in [0.2, 0.25) is 0 Å². The second kappa shape index (κ2) is 7.93. The minimum atomic E-state index is -0.333. The van der Waals surface area contributed by atoms with Crippen LogP contribution < -0.4 is 4.90 Å². The van der Waals surface area contributed by atoms with Gasteiger partial charge in [0.2, 0.25) is 0 Å². The molecule has 2 nitrogen and oxygen atoms in total. The van der Waals surface area contributed by atoms with Crippen LogP contribution in [0.3, 0.4) is 0 Å². The summed E-state index contributed by atoms with van der Waals surface area (Å²) in [5, 5.41) is 0. The standard InChI is InChI=1S/C20H14Br2FNO/c21-15-7-5-14(6-8-15)13-24(17-11-9-16(23)10-12-17)20(25)18-3-1-2-4-19(18)22/h1-12H,13H2. The summed E-state index contributed by atoms with van der Waals surface area (Å²) in [5.41, 5.74) is 2.18. The van der Waals surface area contributed by atoms with Crippen LogP contribution in [0.1, 0.15) is 15.9 Å². The highest BCUT2D eigenvalue weighted by Gasteiger charge is 2.20. The molecular weight excluding hydrogens is 449 g/mol. The molecule has 0 aromatic heterocycles. The van der Waals surface area contributed by atoms with Crippen molar-refractivity contribution in [2.45, 2.75) is 6.54 Å². The number of hydrogen-bond donors (Lipinski definition) is 0. The number of rotatable bonds is 4. The fourth-order valence-corrected chi connectivity index (χ4v) is 3.17. The Labute approximate surface area is 162 Å². The van der Waals surface area contributed by atoms with Gasteiger partial charge in [-0.15, -0.1) is 0 Å². The summed E-state index contributed by atoms with van der Waals surface area (Å²) in [6.45, 7) is 0.388. The summed E-state index contributed by atoms with van der Waals surface area (Å²) in [7, 11) is 0. The summed E-state index contributed by atoms with van der Waals surface area (Å²) >= 11 is 6.84. The molecule has 0 N–H and O–H groups in total. The molecular formula is C20H14Br2FNO. The van der Waals surface area contributed by atoms with Gasteiger partial charge in [0, 0.05) is 14.6 Å². The molecule has 0 heterocycles. The van der Waals surface area contributed by atoms with Crippen LogP contribution in [0.5, 0.6) is 0 Å². The first-order valence-corrected chi connectivity index (χ1v) is 9.19. The maximum absolute atomic E-state index is 13.3. The zero-order valence-corrected chi connectivity index (χ0v) is 16.3. The molecule has 3 aromatic rings. The predicted octanol–water partition coefficient (Wildman–Crippen LogP) is 6.20. The van der Waals surface area contributed by atoms with Crippen molar-refractivity contribution in [2.24, 2.45) is 0 Å². The Morgan fingerprint density at radius 3 is 2.16 bits per heavy atom. The number of amides is 1. The molecule has 0 radical (unpaired) electrons. The van der Waals surface area contributed by atoms with Crippen LogP contribution in [0, 0.1) is 5.82 Å². The number of hydrogen-bond acceptors (Lipinski definition) is 1. The SMILES string of the molecule is O=C(c1ccccc1Br)N(Cc1ccc(Br)cc1)c1ccc(F)cc1. The highest BCUT2D eigenvalue weighted by Crippen LogP contribution is 2.25. The van der Waals surface area contributed by atoms with Crippen molar-refractivity contribution in [3.05, 3.63) is 98.7 Å². The largest absolute Gasteiger partial charge is 0.304 e. The van der Waals surface area contributed by atoms with Crippen molar-refractivity contribution in [1.82, 2.24) is 0 Å². The molecule has 126 valence electrons. The number of halogens is 3. The highest BCUT2D eigenvalue weighted by atomic mass is 79.9. The molecule has 0 bridgehead atoms. The number of carbonyl (C=O) groups is 1. The molecule has 0 fully saturated rings. The van der Waals surface area contributed by atoms with E-state index in [4.69, 9.17) is 0 Å². The van der Waals surface area contributed by atoms with Crippen LogP contribution in [-0.2, 0) is 6.54 Å². The van der Waals surface area contributed by atoms with Gasteiger partial charge in [0.25, 0.3) is 5.91 Å². The molecule has 3 aromatic carbocycles. The fraction of sp³-hybridized carbons (Fsp3) is 0.0500. The normalized spacial score (nSPS) is 10.5. The molecule has 0 unspecified atom stereocenters. The maximum atomic E-state index is 13.3. The molecule has 0 atom stereocenters. The molecule has 0 aliphatic rings. The van der Waals surface area contributed by atoms with Crippen molar-refractivity contribution in [2.75, 3.05) is 4.90 Å². The van der Waals surface area contributed by atoms with E-state index in [0.29, 0.717) is 17.8 Å². The van der Waals surface area contributed by atoms with Crippen molar-refractivity contribution in [1.29, 1.82) is 0 Å². The lowest BCUT2D eigenvalue weighted by molar-refractivity contribution is 0.0984. The van der Waals surface area contributed by atoms with Gasteiger partial charge in [-0.3, -0.25) is 4.79 Å². The third-order valence-corrected chi connectivity index (χ3v) is 4.96. The molecule has 5 heteroatoms. The molecule has 0 aliphatic heterocycles. The van der Waals surface area contributed by atoms with Crippen LogP contribution in [-0.4, -0.2) is 5.91 Å². The zero-order chi connectivity index (χ0) is 17.8. The molecule has 25 heavy (non-hydrogen) atoms. The maximum Gasteiger partial charge on any atom is 0.259 e. The number of benzene rings is 3. The monoisotopic (exact) mass is 461 g/mol. The molecule has 0 saturated heterocycles. The lowest BCUT2D eigenvalue weighted by Crippen LogP contribution is -2.30. The topological polar surface area (TPSA) is 20.3 Å². The highest BCUT2D eigenvalue weighted by molar-refractivity contribution is 9.10. The Morgan fingerprint density at radius 2 is 1.52 bits per heavy atom. The summed E-state index contributed by atoms with van der Waals surface area (Å²) in [5.74, 6) is -0.484. The van der Waals surface area contributed by atoms with E-state index in [9.17, 15) is 9.18 Å². The van der Waals surface area contributed by atoms with E-state index < -0.39 is 0 Å². The molecule has 0 saturated carbocycles. The number of anilines is 1. The van der Waals surface area contributed by atoms with Gasteiger partial charge in [0.15, 0.2) is 0 Å². The Hall–Kier alpha value is -1.98. The Morgan fingerprint density at radius 1 is 0.880 bits per heavy atom. The van der Waals surface area contributed by atoms with Crippen LogP contribution >= 0.6 is 31.9 Å². The third-order valence-electron chi connectivity index (χ3n) is 3.74. The minimum absolute atomic E-state index is 0.151. The predicted molar refractivity (Wildman–Crippen MR) is 105 cm³/mol. The summed E-state index contributed by atoms with van der Waals surface area (Å²) in [4.78, 5) is 14.8. The third kappa shape index (κ3) is 4.35. The summed E-state index contributed by atoms with van der Waals surface area (Å²) in [6, 6.07) is 21.0. The quantitative estimate of drug-likeness (QED) is 0.452. The lowest BCUT2D eigenvalue weighted by atomic mass is 10.1. The first-order valence-electron chi connectivity index (χ1n) is 7.61. The van der Waals surface area contributed by atoms with Gasteiger partial charge in [0.05, 0.1) is 12.1 Å². The minimum Gasteiger partial charge on any atom is -0.304 e. The number of nitrogens with zero attached hydrogens (tertiary/aromatic N) is 1. The zero-order valence-electron chi connectivity index (χ0n) is 13.1. The van der Waals surface area contributed by atoms with Gasteiger partial charge in [-0.1, -0.05) is 40.2 Å². The first kappa shape index (κ1) is 17.8. The van der Waals surface area contributed by atoms with Crippen molar-refractivity contribution in [3.63, 3.8) is 0 Å². The van der Waals surface area contributed by atoms with E-state index in [-0.39, 0.29) is 11.7 Å². The van der Waals surface area contributed by atoms with E-state index in [0.717, 1.165) is 14.5 Å². The van der Waals surface area contributed by atoms with Crippen LogP contribution in [0.4, 0.5) is 10.1 Å². The van der Waals surface area contributed by atoms with Crippen molar-refractivity contribution < 1.29 is 9.18 Å². The van der Waals surface area contributed by atoms with E-state index >= 15 is 0 Å². The number of carbonyl (C=O) groups excluding carboxylic acids is 1. The van der Waals surface area contributed by atoms with Gasteiger partial charge >= 0.3 is 0 Å². The fourth-order valence-electron chi connectivity index (χ4n) is 2.45. The Bertz CT molecular complexity index is 879. The summed E-state index contributed by atoms with van der Waals surface area (Å²) in [6.07, 6.45) is 0. The van der Waals surface area contributed by atoms with Gasteiger partial charge < -0.3 is 4.90 Å². The van der Waals surface area contributed by atoms with E-state index in [1.807, 2.05) is 42.5 Å². The Balaban J connectivity index is 1.99. The molecule has 1 amide bonds. The van der Waals surface area contributed by atoms with Gasteiger partial charge in [0.1, 0.15) is 5.82 Å². The van der Waals surface area contributed by atoms with E-state index in [1.165, 1.54) is 12.1 Å². The van der Waals surface area contributed by atoms with Crippen molar-refractivity contribution >= 4 is 43.5 Å². The van der Waals surface area contributed by atoms with Crippen LogP contribution in [0.15, 0.2) is 81.7 Å². The van der Waals surface area contributed by atoms with Gasteiger partial charge in [-0.05, 0) is 70.0 Å². The summed E-state index contributed by atoms with van der Waals surface area (Å²) < 4.78 is 15.0. The average molecular weight is 463 g/mol.